The zero-order valence-corrected chi connectivity index (χ0v) is 14.1. The van der Waals surface area contributed by atoms with Gasteiger partial charge in [0.05, 0.1) is 16.4 Å². The Morgan fingerprint density at radius 2 is 1.40 bits per heavy atom. The molecule has 0 aliphatic carbocycles. The highest BCUT2D eigenvalue weighted by Crippen LogP contribution is 2.38. The molecule has 0 aliphatic rings. The van der Waals surface area contributed by atoms with Crippen LogP contribution in [0.3, 0.4) is 0 Å². The Kier molecular flexibility index (Phi) is 4.00. The molecular formula is C21H15ClN2O. The molecule has 0 bridgehead atoms. The van der Waals surface area contributed by atoms with E-state index >= 15 is 0 Å². The highest BCUT2D eigenvalue weighted by molar-refractivity contribution is 6.35. The van der Waals surface area contributed by atoms with Crippen molar-refractivity contribution in [1.82, 2.24) is 9.78 Å². The van der Waals surface area contributed by atoms with Crippen molar-refractivity contribution in [2.24, 2.45) is 0 Å². The van der Waals surface area contributed by atoms with Crippen LogP contribution in [0.2, 0.25) is 5.02 Å². The number of hydrogen-bond donors (Lipinski definition) is 1. The maximum absolute atomic E-state index is 9.80. The highest BCUT2D eigenvalue weighted by Gasteiger charge is 2.20. The predicted molar refractivity (Wildman–Crippen MR) is 101 cm³/mol. The van der Waals surface area contributed by atoms with Crippen LogP contribution in [0.5, 0.6) is 5.75 Å². The summed E-state index contributed by atoms with van der Waals surface area (Å²) in [5.74, 6) is 0.184. The first-order valence-electron chi connectivity index (χ1n) is 7.93. The molecule has 0 fully saturated rings. The summed E-state index contributed by atoms with van der Waals surface area (Å²) in [6.07, 6.45) is 0. The normalized spacial score (nSPS) is 10.8. The van der Waals surface area contributed by atoms with Crippen molar-refractivity contribution >= 4 is 11.6 Å². The second-order valence-corrected chi connectivity index (χ2v) is 6.05. The van der Waals surface area contributed by atoms with Crippen molar-refractivity contribution in [3.05, 3.63) is 90.0 Å². The fourth-order valence-electron chi connectivity index (χ4n) is 2.84. The summed E-state index contributed by atoms with van der Waals surface area (Å²) in [6.45, 7) is 0. The van der Waals surface area contributed by atoms with Gasteiger partial charge in [0.2, 0.25) is 0 Å². The Balaban J connectivity index is 1.99. The number of para-hydroxylation sites is 1. The lowest BCUT2D eigenvalue weighted by Crippen LogP contribution is -1.98. The van der Waals surface area contributed by atoms with Gasteiger partial charge in [-0.2, -0.15) is 5.10 Å². The lowest BCUT2D eigenvalue weighted by Gasteiger charge is -2.07. The molecule has 4 rings (SSSR count). The van der Waals surface area contributed by atoms with Gasteiger partial charge in [0.25, 0.3) is 0 Å². The lowest BCUT2D eigenvalue weighted by atomic mass is 10.1. The van der Waals surface area contributed by atoms with Crippen molar-refractivity contribution in [1.29, 1.82) is 0 Å². The average molecular weight is 347 g/mol. The Morgan fingerprint density at radius 1 is 0.760 bits per heavy atom. The largest absolute Gasteiger partial charge is 0.508 e. The van der Waals surface area contributed by atoms with Crippen molar-refractivity contribution < 1.29 is 5.11 Å². The lowest BCUT2D eigenvalue weighted by molar-refractivity contribution is 0.475. The zero-order chi connectivity index (χ0) is 17.2. The van der Waals surface area contributed by atoms with E-state index < -0.39 is 0 Å². The second-order valence-electron chi connectivity index (χ2n) is 5.67. The number of benzene rings is 3. The smallest absolute Gasteiger partial charge is 0.116 e. The molecule has 0 saturated heterocycles. The topological polar surface area (TPSA) is 38.1 Å². The fraction of sp³-hybridized carbons (Fsp3) is 0. The summed E-state index contributed by atoms with van der Waals surface area (Å²) in [5, 5.41) is 15.1. The number of rotatable bonds is 3. The summed E-state index contributed by atoms with van der Waals surface area (Å²) in [5.41, 5.74) is 4.15. The standard InChI is InChI=1S/C21H15ClN2O/c22-19-20(16-10-7-13-18(25)14-16)23-24(17-11-5-2-6-12-17)21(19)15-8-3-1-4-9-15/h1-14,25H. The van der Waals surface area contributed by atoms with Gasteiger partial charge in [-0.05, 0) is 24.3 Å². The summed E-state index contributed by atoms with van der Waals surface area (Å²) >= 11 is 6.74. The molecule has 1 N–H and O–H groups in total. The Labute approximate surface area is 150 Å². The van der Waals surface area contributed by atoms with Crippen LogP contribution in [-0.4, -0.2) is 14.9 Å². The third-order valence-electron chi connectivity index (χ3n) is 4.00. The Bertz CT molecular complexity index is 1010. The predicted octanol–water partition coefficient (Wildman–Crippen LogP) is 5.57. The molecule has 0 amide bonds. The van der Waals surface area contributed by atoms with E-state index in [1.165, 1.54) is 0 Å². The first-order chi connectivity index (χ1) is 12.2. The number of halogens is 1. The summed E-state index contributed by atoms with van der Waals surface area (Å²) in [6, 6.07) is 26.8. The Hall–Kier alpha value is -3.04. The minimum absolute atomic E-state index is 0.184. The third-order valence-corrected chi connectivity index (χ3v) is 4.35. The van der Waals surface area contributed by atoms with Crippen LogP contribution < -0.4 is 0 Å². The monoisotopic (exact) mass is 346 g/mol. The van der Waals surface area contributed by atoms with E-state index in [-0.39, 0.29) is 5.75 Å². The van der Waals surface area contributed by atoms with E-state index in [2.05, 4.69) is 0 Å². The van der Waals surface area contributed by atoms with Crippen LogP contribution in [0.15, 0.2) is 84.9 Å². The second kappa shape index (κ2) is 6.46. The van der Waals surface area contributed by atoms with E-state index in [1.807, 2.05) is 71.4 Å². The molecule has 0 unspecified atom stereocenters. The van der Waals surface area contributed by atoms with E-state index in [4.69, 9.17) is 16.7 Å². The molecule has 25 heavy (non-hydrogen) atoms. The van der Waals surface area contributed by atoms with Gasteiger partial charge in [0.15, 0.2) is 0 Å². The molecule has 0 atom stereocenters. The molecule has 1 heterocycles. The third kappa shape index (κ3) is 2.90. The van der Waals surface area contributed by atoms with Gasteiger partial charge in [-0.3, -0.25) is 0 Å². The van der Waals surface area contributed by atoms with Gasteiger partial charge in [0.1, 0.15) is 11.4 Å². The van der Waals surface area contributed by atoms with E-state index in [9.17, 15) is 5.11 Å². The Morgan fingerprint density at radius 3 is 2.08 bits per heavy atom. The van der Waals surface area contributed by atoms with Crippen LogP contribution in [0.25, 0.3) is 28.2 Å². The van der Waals surface area contributed by atoms with Crippen LogP contribution in [-0.2, 0) is 0 Å². The number of aromatic nitrogens is 2. The number of nitrogens with zero attached hydrogens (tertiary/aromatic N) is 2. The molecule has 0 spiro atoms. The van der Waals surface area contributed by atoms with E-state index in [1.54, 1.807) is 18.2 Å². The van der Waals surface area contributed by atoms with E-state index in [0.29, 0.717) is 10.7 Å². The number of hydrogen-bond acceptors (Lipinski definition) is 2. The van der Waals surface area contributed by atoms with Crippen molar-refractivity contribution in [2.45, 2.75) is 0 Å². The van der Waals surface area contributed by atoms with Gasteiger partial charge in [-0.15, -0.1) is 0 Å². The maximum atomic E-state index is 9.80. The van der Waals surface area contributed by atoms with Crippen LogP contribution in [0, 0.1) is 0 Å². The molecule has 122 valence electrons. The fourth-order valence-corrected chi connectivity index (χ4v) is 3.17. The summed E-state index contributed by atoms with van der Waals surface area (Å²) < 4.78 is 1.84. The molecule has 0 aliphatic heterocycles. The average Bonchev–Trinajstić information content (AvgIpc) is 3.00. The molecule has 4 heteroatoms. The quantitative estimate of drug-likeness (QED) is 0.527. The highest BCUT2D eigenvalue weighted by atomic mass is 35.5. The molecule has 3 nitrogen and oxygen atoms in total. The number of phenols is 1. The molecule has 1 aromatic heterocycles. The van der Waals surface area contributed by atoms with Gasteiger partial charge >= 0.3 is 0 Å². The molecule has 0 radical (unpaired) electrons. The van der Waals surface area contributed by atoms with Crippen molar-refractivity contribution in [3.63, 3.8) is 0 Å². The van der Waals surface area contributed by atoms with Crippen molar-refractivity contribution in [2.75, 3.05) is 0 Å². The summed E-state index contributed by atoms with van der Waals surface area (Å²) in [4.78, 5) is 0. The maximum Gasteiger partial charge on any atom is 0.116 e. The number of phenolic OH excluding ortho intramolecular Hbond substituents is 1. The van der Waals surface area contributed by atoms with Crippen molar-refractivity contribution in [3.8, 4) is 34.0 Å². The molecule has 0 saturated carbocycles. The first kappa shape index (κ1) is 15.5. The SMILES string of the molecule is Oc1cccc(-c2nn(-c3ccccc3)c(-c3ccccc3)c2Cl)c1. The molecule has 4 aromatic rings. The number of aromatic hydroxyl groups is 1. The minimum Gasteiger partial charge on any atom is -0.508 e. The van der Waals surface area contributed by atoms with Crippen LogP contribution >= 0.6 is 11.6 Å². The van der Waals surface area contributed by atoms with Gasteiger partial charge in [-0.1, -0.05) is 72.3 Å². The van der Waals surface area contributed by atoms with E-state index in [0.717, 1.165) is 22.5 Å². The first-order valence-corrected chi connectivity index (χ1v) is 8.30. The molecular weight excluding hydrogens is 332 g/mol. The van der Waals surface area contributed by atoms with Gasteiger partial charge < -0.3 is 5.11 Å². The van der Waals surface area contributed by atoms with Gasteiger partial charge in [0, 0.05) is 11.1 Å². The van der Waals surface area contributed by atoms with Crippen LogP contribution in [0.4, 0.5) is 0 Å². The molecule has 3 aromatic carbocycles. The van der Waals surface area contributed by atoms with Crippen LogP contribution in [0.1, 0.15) is 0 Å². The van der Waals surface area contributed by atoms with Gasteiger partial charge in [-0.25, -0.2) is 4.68 Å². The summed E-state index contributed by atoms with van der Waals surface area (Å²) in [7, 11) is 0. The minimum atomic E-state index is 0.184. The zero-order valence-electron chi connectivity index (χ0n) is 13.3.